The van der Waals surface area contributed by atoms with Gasteiger partial charge in [-0.15, -0.1) is 0 Å². The van der Waals surface area contributed by atoms with Crippen LogP contribution in [0.15, 0.2) is 23.0 Å². The molecule has 1 aromatic carbocycles. The van der Waals surface area contributed by atoms with Crippen LogP contribution >= 0.6 is 0 Å². The zero-order valence-corrected chi connectivity index (χ0v) is 10.5. The van der Waals surface area contributed by atoms with Gasteiger partial charge in [0.05, 0.1) is 0 Å². The summed E-state index contributed by atoms with van der Waals surface area (Å²) in [7, 11) is 0. The number of ether oxygens (including phenoxy) is 1. The van der Waals surface area contributed by atoms with E-state index in [1.807, 2.05) is 0 Å². The fourth-order valence-corrected chi connectivity index (χ4v) is 2.53. The minimum absolute atomic E-state index is 0.0540. The average Bonchev–Trinajstić information content (AvgIpc) is 2.84. The molecule has 20 heavy (non-hydrogen) atoms. The van der Waals surface area contributed by atoms with E-state index in [0.29, 0.717) is 17.3 Å². The number of fused-ring (bicyclic) bond motifs is 2. The number of halogens is 3. The Bertz CT molecular complexity index is 719. The third kappa shape index (κ3) is 2.37. The van der Waals surface area contributed by atoms with Crippen molar-refractivity contribution in [3.8, 4) is 5.75 Å². The highest BCUT2D eigenvalue weighted by Crippen LogP contribution is 2.24. The van der Waals surface area contributed by atoms with Crippen molar-refractivity contribution in [1.82, 2.24) is 4.98 Å². The van der Waals surface area contributed by atoms with Gasteiger partial charge >= 0.3 is 6.18 Å². The lowest BCUT2D eigenvalue weighted by molar-refractivity contribution is -0.153. The minimum atomic E-state index is -4.39. The Morgan fingerprint density at radius 3 is 2.80 bits per heavy atom. The molecule has 0 amide bonds. The van der Waals surface area contributed by atoms with E-state index in [1.54, 1.807) is 6.07 Å². The molecule has 0 saturated carbocycles. The molecule has 0 bridgehead atoms. The summed E-state index contributed by atoms with van der Waals surface area (Å²) in [5.41, 5.74) is 2.20. The van der Waals surface area contributed by atoms with E-state index in [0.717, 1.165) is 24.1 Å². The molecule has 106 valence electrons. The summed E-state index contributed by atoms with van der Waals surface area (Å²) in [6.45, 7) is -1.36. The van der Waals surface area contributed by atoms with Gasteiger partial charge in [-0.25, -0.2) is 0 Å². The first-order chi connectivity index (χ1) is 9.44. The van der Waals surface area contributed by atoms with Gasteiger partial charge < -0.3 is 9.72 Å². The Labute approximate surface area is 112 Å². The second-order valence-corrected chi connectivity index (χ2v) is 4.88. The van der Waals surface area contributed by atoms with Crippen molar-refractivity contribution >= 4 is 10.9 Å². The molecule has 1 heterocycles. The van der Waals surface area contributed by atoms with Crippen molar-refractivity contribution in [2.45, 2.75) is 25.4 Å². The second-order valence-electron chi connectivity index (χ2n) is 4.88. The zero-order valence-electron chi connectivity index (χ0n) is 10.5. The van der Waals surface area contributed by atoms with Gasteiger partial charge in [0.2, 0.25) is 0 Å². The minimum Gasteiger partial charge on any atom is -0.484 e. The van der Waals surface area contributed by atoms with Gasteiger partial charge in [-0.1, -0.05) is 0 Å². The number of benzene rings is 1. The Kier molecular flexibility index (Phi) is 2.96. The first-order valence-corrected chi connectivity index (χ1v) is 6.31. The molecule has 0 unspecified atom stereocenters. The fourth-order valence-electron chi connectivity index (χ4n) is 2.53. The average molecular weight is 283 g/mol. The molecule has 0 fully saturated rings. The number of nitrogens with one attached hydrogen (secondary N) is 1. The van der Waals surface area contributed by atoms with Crippen LogP contribution in [0.25, 0.3) is 10.9 Å². The number of hydrogen-bond acceptors (Lipinski definition) is 2. The van der Waals surface area contributed by atoms with Crippen molar-refractivity contribution in [3.05, 3.63) is 39.7 Å². The van der Waals surface area contributed by atoms with E-state index >= 15 is 0 Å². The van der Waals surface area contributed by atoms with Gasteiger partial charge in [0, 0.05) is 22.2 Å². The maximum Gasteiger partial charge on any atom is 0.422 e. The third-order valence-electron chi connectivity index (χ3n) is 3.42. The quantitative estimate of drug-likeness (QED) is 0.920. The fraction of sp³-hybridized carbons (Fsp3) is 0.357. The van der Waals surface area contributed by atoms with Crippen LogP contribution in [0, 0.1) is 0 Å². The molecule has 3 rings (SSSR count). The van der Waals surface area contributed by atoms with Crippen LogP contribution in [-0.4, -0.2) is 17.8 Å². The summed E-state index contributed by atoms with van der Waals surface area (Å²) in [4.78, 5) is 15.4. The Hall–Kier alpha value is -1.98. The summed E-state index contributed by atoms with van der Waals surface area (Å²) in [5, 5.41) is 0.380. The first kappa shape index (κ1) is 13.0. The molecule has 2 aromatic rings. The summed E-state index contributed by atoms with van der Waals surface area (Å²) in [6.07, 6.45) is -1.91. The number of pyridine rings is 1. The van der Waals surface area contributed by atoms with E-state index in [9.17, 15) is 18.0 Å². The highest BCUT2D eigenvalue weighted by Gasteiger charge is 2.28. The van der Waals surface area contributed by atoms with Crippen molar-refractivity contribution in [2.75, 3.05) is 6.61 Å². The molecule has 0 aliphatic heterocycles. The standard InChI is InChI=1S/C14H12F3NO2/c15-14(16,17)7-20-8-4-5-12-10(6-8)13(19)9-2-1-3-11(9)18-12/h4-6H,1-3,7H2,(H,18,19). The maximum atomic E-state index is 12.3. The molecular weight excluding hydrogens is 271 g/mol. The summed E-state index contributed by atoms with van der Waals surface area (Å²) in [5.74, 6) is 0.0540. The molecule has 1 aromatic heterocycles. The monoisotopic (exact) mass is 283 g/mol. The molecule has 0 atom stereocenters. The first-order valence-electron chi connectivity index (χ1n) is 6.31. The SMILES string of the molecule is O=c1c2c([nH]c3ccc(OCC(F)(F)F)cc13)CCC2. The summed E-state index contributed by atoms with van der Waals surface area (Å²) < 4.78 is 41.0. The molecule has 1 aliphatic rings. The molecule has 6 heteroatoms. The van der Waals surface area contributed by atoms with Gasteiger partial charge in [-0.3, -0.25) is 4.79 Å². The Balaban J connectivity index is 2.01. The van der Waals surface area contributed by atoms with Gasteiger partial charge in [-0.05, 0) is 37.5 Å². The van der Waals surface area contributed by atoms with Crippen LogP contribution in [-0.2, 0) is 12.8 Å². The predicted octanol–water partition coefficient (Wildman–Crippen LogP) is 2.96. The largest absolute Gasteiger partial charge is 0.484 e. The van der Waals surface area contributed by atoms with Gasteiger partial charge in [0.15, 0.2) is 12.0 Å². The summed E-state index contributed by atoms with van der Waals surface area (Å²) in [6, 6.07) is 4.39. The van der Waals surface area contributed by atoms with E-state index in [4.69, 9.17) is 0 Å². The highest BCUT2D eigenvalue weighted by atomic mass is 19.4. The number of hydrogen-bond donors (Lipinski definition) is 1. The van der Waals surface area contributed by atoms with Crippen molar-refractivity contribution in [2.24, 2.45) is 0 Å². The number of H-pyrrole nitrogens is 1. The van der Waals surface area contributed by atoms with Crippen LogP contribution in [0.3, 0.4) is 0 Å². The summed E-state index contributed by atoms with van der Waals surface area (Å²) >= 11 is 0. The van der Waals surface area contributed by atoms with E-state index in [1.165, 1.54) is 12.1 Å². The lowest BCUT2D eigenvalue weighted by Gasteiger charge is -2.10. The van der Waals surface area contributed by atoms with Crippen molar-refractivity contribution in [3.63, 3.8) is 0 Å². The predicted molar refractivity (Wildman–Crippen MR) is 68.1 cm³/mol. The zero-order chi connectivity index (χ0) is 14.3. The molecule has 0 radical (unpaired) electrons. The number of rotatable bonds is 2. The third-order valence-corrected chi connectivity index (χ3v) is 3.42. The number of aromatic nitrogens is 1. The van der Waals surface area contributed by atoms with E-state index < -0.39 is 12.8 Å². The molecule has 0 saturated heterocycles. The maximum absolute atomic E-state index is 12.3. The number of aryl methyl sites for hydroxylation is 1. The van der Waals surface area contributed by atoms with Crippen LogP contribution in [0.2, 0.25) is 0 Å². The van der Waals surface area contributed by atoms with E-state index in [2.05, 4.69) is 9.72 Å². The topological polar surface area (TPSA) is 42.1 Å². The lowest BCUT2D eigenvalue weighted by atomic mass is 10.1. The van der Waals surface area contributed by atoms with Crippen LogP contribution in [0.4, 0.5) is 13.2 Å². The molecule has 1 N–H and O–H groups in total. The Morgan fingerprint density at radius 1 is 1.25 bits per heavy atom. The molecule has 0 spiro atoms. The van der Waals surface area contributed by atoms with Gasteiger partial charge in [0.1, 0.15) is 5.75 Å². The van der Waals surface area contributed by atoms with Crippen LogP contribution in [0.5, 0.6) is 5.75 Å². The molecule has 1 aliphatic carbocycles. The van der Waals surface area contributed by atoms with Crippen LogP contribution in [0.1, 0.15) is 17.7 Å². The van der Waals surface area contributed by atoms with Crippen molar-refractivity contribution < 1.29 is 17.9 Å². The van der Waals surface area contributed by atoms with Crippen molar-refractivity contribution in [1.29, 1.82) is 0 Å². The smallest absolute Gasteiger partial charge is 0.422 e. The lowest BCUT2D eigenvalue weighted by Crippen LogP contribution is -2.19. The second kappa shape index (κ2) is 4.54. The van der Waals surface area contributed by atoms with E-state index in [-0.39, 0.29) is 11.2 Å². The van der Waals surface area contributed by atoms with Crippen LogP contribution < -0.4 is 10.2 Å². The normalized spacial score (nSPS) is 14.6. The Morgan fingerprint density at radius 2 is 2.05 bits per heavy atom. The highest BCUT2D eigenvalue weighted by molar-refractivity contribution is 5.81. The van der Waals surface area contributed by atoms with Gasteiger partial charge in [-0.2, -0.15) is 13.2 Å². The number of alkyl halides is 3. The molecule has 3 nitrogen and oxygen atoms in total. The number of aromatic amines is 1. The molecular formula is C14H12F3NO2. The van der Waals surface area contributed by atoms with Gasteiger partial charge in [0.25, 0.3) is 0 Å².